The van der Waals surface area contributed by atoms with Crippen molar-refractivity contribution >= 4 is 0 Å². The number of hydrogen-bond acceptors (Lipinski definition) is 1. The minimum atomic E-state index is 0.322. The van der Waals surface area contributed by atoms with E-state index in [4.69, 9.17) is 4.74 Å². The summed E-state index contributed by atoms with van der Waals surface area (Å²) in [6.45, 7) is 3.65. The molecule has 0 aliphatic heterocycles. The molecule has 1 fully saturated rings. The lowest BCUT2D eigenvalue weighted by Crippen LogP contribution is -2.24. The Labute approximate surface area is 104 Å². The van der Waals surface area contributed by atoms with Crippen molar-refractivity contribution in [3.63, 3.8) is 0 Å². The fraction of sp³-hybridized carbons (Fsp3) is 0.375. The minimum absolute atomic E-state index is 0.322. The molecule has 0 N–H and O–H groups in total. The first-order chi connectivity index (χ1) is 8.42. The van der Waals surface area contributed by atoms with Crippen LogP contribution in [0.25, 0.3) is 0 Å². The third kappa shape index (κ3) is 3.23. The topological polar surface area (TPSA) is 9.23 Å². The quantitative estimate of drug-likeness (QED) is 0.547. The van der Waals surface area contributed by atoms with Crippen LogP contribution in [0.4, 0.5) is 0 Å². The fourth-order valence-corrected chi connectivity index (χ4v) is 2.54. The predicted molar refractivity (Wildman–Crippen MR) is 71.9 cm³/mol. The van der Waals surface area contributed by atoms with Crippen LogP contribution in [0, 0.1) is 0 Å². The molecule has 1 aromatic carbocycles. The summed E-state index contributed by atoms with van der Waals surface area (Å²) in [4.78, 5) is 0. The van der Waals surface area contributed by atoms with Gasteiger partial charge in [-0.1, -0.05) is 49.4 Å². The molecule has 0 spiro atoms. The van der Waals surface area contributed by atoms with Crippen LogP contribution in [-0.4, -0.2) is 6.10 Å². The molecule has 0 saturated heterocycles. The van der Waals surface area contributed by atoms with Gasteiger partial charge >= 0.3 is 0 Å². The van der Waals surface area contributed by atoms with E-state index in [-0.39, 0.29) is 0 Å². The van der Waals surface area contributed by atoms with Gasteiger partial charge < -0.3 is 4.74 Å². The number of allylic oxidation sites excluding steroid dienone is 2. The van der Waals surface area contributed by atoms with Crippen molar-refractivity contribution in [1.82, 2.24) is 0 Å². The first kappa shape index (κ1) is 12.0. The minimum Gasteiger partial charge on any atom is -0.497 e. The molecule has 2 atom stereocenters. The molecule has 1 saturated carbocycles. The van der Waals surface area contributed by atoms with Crippen molar-refractivity contribution in [2.24, 2.45) is 0 Å². The lowest BCUT2D eigenvalue weighted by molar-refractivity contribution is 0.0848. The lowest BCUT2D eigenvalue weighted by Gasteiger charge is -2.31. The molecule has 1 heteroatoms. The van der Waals surface area contributed by atoms with Crippen LogP contribution < -0.4 is 0 Å². The van der Waals surface area contributed by atoms with Crippen LogP contribution >= 0.6 is 0 Å². The SMILES string of the molecule is C=C/C=C\O[C@@H]1CCCC[C@H]1c1ccccc1. The van der Waals surface area contributed by atoms with E-state index in [1.54, 1.807) is 12.3 Å². The van der Waals surface area contributed by atoms with Crippen molar-refractivity contribution in [2.45, 2.75) is 37.7 Å². The highest BCUT2D eigenvalue weighted by molar-refractivity contribution is 5.21. The zero-order valence-electron chi connectivity index (χ0n) is 10.2. The largest absolute Gasteiger partial charge is 0.497 e. The lowest BCUT2D eigenvalue weighted by atomic mass is 9.81. The summed E-state index contributed by atoms with van der Waals surface area (Å²) < 4.78 is 5.84. The number of benzene rings is 1. The molecular formula is C16H20O. The highest BCUT2D eigenvalue weighted by atomic mass is 16.5. The van der Waals surface area contributed by atoms with Crippen molar-refractivity contribution in [1.29, 1.82) is 0 Å². The first-order valence-electron chi connectivity index (χ1n) is 6.40. The van der Waals surface area contributed by atoms with Crippen molar-refractivity contribution in [2.75, 3.05) is 0 Å². The summed E-state index contributed by atoms with van der Waals surface area (Å²) >= 11 is 0. The fourth-order valence-electron chi connectivity index (χ4n) is 2.54. The Kier molecular flexibility index (Phi) is 4.43. The summed E-state index contributed by atoms with van der Waals surface area (Å²) in [6, 6.07) is 10.7. The average molecular weight is 228 g/mol. The molecule has 2 rings (SSSR count). The highest BCUT2D eigenvalue weighted by Crippen LogP contribution is 2.34. The van der Waals surface area contributed by atoms with E-state index >= 15 is 0 Å². The van der Waals surface area contributed by atoms with Crippen LogP contribution in [0.2, 0.25) is 0 Å². The van der Waals surface area contributed by atoms with E-state index < -0.39 is 0 Å². The zero-order chi connectivity index (χ0) is 11.9. The molecule has 1 aromatic rings. The van der Waals surface area contributed by atoms with Gasteiger partial charge in [-0.05, 0) is 30.9 Å². The molecule has 1 aliphatic carbocycles. The maximum atomic E-state index is 5.84. The Morgan fingerprint density at radius 1 is 1.12 bits per heavy atom. The predicted octanol–water partition coefficient (Wildman–Crippen LogP) is 4.43. The van der Waals surface area contributed by atoms with Gasteiger partial charge in [0.05, 0.1) is 6.26 Å². The number of ether oxygens (including phenoxy) is 1. The zero-order valence-corrected chi connectivity index (χ0v) is 10.2. The van der Waals surface area contributed by atoms with E-state index in [2.05, 4.69) is 36.9 Å². The van der Waals surface area contributed by atoms with Gasteiger partial charge in [-0.25, -0.2) is 0 Å². The summed E-state index contributed by atoms with van der Waals surface area (Å²) in [5.41, 5.74) is 1.41. The average Bonchev–Trinajstić information content (AvgIpc) is 2.41. The van der Waals surface area contributed by atoms with Crippen molar-refractivity contribution in [3.05, 3.63) is 60.9 Å². The Hall–Kier alpha value is -1.50. The Morgan fingerprint density at radius 2 is 1.88 bits per heavy atom. The van der Waals surface area contributed by atoms with Gasteiger partial charge in [-0.3, -0.25) is 0 Å². The van der Waals surface area contributed by atoms with Gasteiger partial charge in [-0.2, -0.15) is 0 Å². The molecule has 0 bridgehead atoms. The molecule has 0 aromatic heterocycles. The Morgan fingerprint density at radius 3 is 2.65 bits per heavy atom. The smallest absolute Gasteiger partial charge is 0.105 e. The van der Waals surface area contributed by atoms with Crippen LogP contribution in [0.15, 0.2) is 55.3 Å². The van der Waals surface area contributed by atoms with E-state index in [0.717, 1.165) is 6.42 Å². The second-order valence-corrected chi connectivity index (χ2v) is 4.54. The van der Waals surface area contributed by atoms with Crippen molar-refractivity contribution < 1.29 is 4.74 Å². The first-order valence-corrected chi connectivity index (χ1v) is 6.40. The maximum absolute atomic E-state index is 5.84. The number of rotatable bonds is 4. The van der Waals surface area contributed by atoms with Crippen molar-refractivity contribution in [3.8, 4) is 0 Å². The highest BCUT2D eigenvalue weighted by Gasteiger charge is 2.26. The van der Waals surface area contributed by atoms with Gasteiger partial charge in [0.25, 0.3) is 0 Å². The summed E-state index contributed by atoms with van der Waals surface area (Å²) in [6.07, 6.45) is 10.7. The van der Waals surface area contributed by atoms with Gasteiger partial charge in [0.2, 0.25) is 0 Å². The van der Waals surface area contributed by atoms with Gasteiger partial charge in [0.1, 0.15) is 6.10 Å². The molecular weight excluding hydrogens is 208 g/mol. The second kappa shape index (κ2) is 6.29. The van der Waals surface area contributed by atoms with Crippen LogP contribution in [0.1, 0.15) is 37.2 Å². The third-order valence-corrected chi connectivity index (χ3v) is 3.40. The molecule has 0 amide bonds. The van der Waals surface area contributed by atoms with Gasteiger partial charge in [0, 0.05) is 5.92 Å². The van der Waals surface area contributed by atoms with E-state index in [1.165, 1.54) is 24.8 Å². The van der Waals surface area contributed by atoms with Crippen LogP contribution in [0.3, 0.4) is 0 Å². The molecule has 0 heterocycles. The standard InChI is InChI=1S/C16H20O/c1-2-3-13-17-16-12-8-7-11-15(16)14-9-5-4-6-10-14/h2-6,9-10,13,15-16H,1,7-8,11-12H2/b13-3-/t15-,16+/m0/s1. The third-order valence-electron chi connectivity index (χ3n) is 3.40. The van der Waals surface area contributed by atoms with Crippen LogP contribution in [-0.2, 0) is 4.74 Å². The maximum Gasteiger partial charge on any atom is 0.105 e. The Balaban J connectivity index is 2.07. The van der Waals surface area contributed by atoms with E-state index in [0.29, 0.717) is 12.0 Å². The van der Waals surface area contributed by atoms with E-state index in [1.807, 2.05) is 6.08 Å². The normalized spacial score (nSPS) is 24.7. The molecule has 0 unspecified atom stereocenters. The molecule has 90 valence electrons. The monoisotopic (exact) mass is 228 g/mol. The summed E-state index contributed by atoms with van der Waals surface area (Å²) in [5, 5.41) is 0. The van der Waals surface area contributed by atoms with Crippen LogP contribution in [0.5, 0.6) is 0 Å². The van der Waals surface area contributed by atoms with Gasteiger partial charge in [-0.15, -0.1) is 0 Å². The van der Waals surface area contributed by atoms with Gasteiger partial charge in [0.15, 0.2) is 0 Å². The number of hydrogen-bond donors (Lipinski definition) is 0. The Bertz CT molecular complexity index is 366. The van der Waals surface area contributed by atoms with E-state index in [9.17, 15) is 0 Å². The molecule has 17 heavy (non-hydrogen) atoms. The summed E-state index contributed by atoms with van der Waals surface area (Å²) in [7, 11) is 0. The summed E-state index contributed by atoms with van der Waals surface area (Å²) in [5.74, 6) is 0.541. The molecule has 0 radical (unpaired) electrons. The molecule has 1 nitrogen and oxygen atoms in total. The molecule has 1 aliphatic rings. The second-order valence-electron chi connectivity index (χ2n) is 4.54.